The summed E-state index contributed by atoms with van der Waals surface area (Å²) in [6.07, 6.45) is -0.948. The molecule has 2 aromatic carbocycles. The molecule has 15 heavy (non-hydrogen) atoms. The summed E-state index contributed by atoms with van der Waals surface area (Å²) in [5.41, 5.74) is 5.29. The van der Waals surface area contributed by atoms with Crippen LogP contribution < -0.4 is 10.5 Å². The van der Waals surface area contributed by atoms with Crippen molar-refractivity contribution in [3.63, 3.8) is 0 Å². The van der Waals surface area contributed by atoms with Crippen LogP contribution in [0.5, 0.6) is 5.75 Å². The van der Waals surface area contributed by atoms with Crippen molar-refractivity contribution in [2.75, 3.05) is 6.54 Å². The molecule has 3 N–H and O–H groups in total. The van der Waals surface area contributed by atoms with Gasteiger partial charge in [0.05, 0.1) is 6.54 Å². The molecule has 2 rings (SSSR count). The van der Waals surface area contributed by atoms with Crippen LogP contribution in [0.3, 0.4) is 0 Å². The largest absolute Gasteiger partial charge is 0.463 e. The molecule has 0 saturated heterocycles. The van der Waals surface area contributed by atoms with Crippen LogP contribution in [0.15, 0.2) is 42.5 Å². The van der Waals surface area contributed by atoms with Gasteiger partial charge in [-0.25, -0.2) is 0 Å². The average molecular weight is 203 g/mol. The summed E-state index contributed by atoms with van der Waals surface area (Å²) in [4.78, 5) is 0. The number of nitrogens with two attached hydrogens (primary N) is 1. The van der Waals surface area contributed by atoms with Gasteiger partial charge in [0.2, 0.25) is 6.29 Å². The van der Waals surface area contributed by atoms with Gasteiger partial charge in [0, 0.05) is 5.39 Å². The van der Waals surface area contributed by atoms with E-state index in [1.165, 1.54) is 0 Å². The van der Waals surface area contributed by atoms with E-state index >= 15 is 0 Å². The predicted molar refractivity (Wildman–Crippen MR) is 59.6 cm³/mol. The Kier molecular flexibility index (Phi) is 2.85. The summed E-state index contributed by atoms with van der Waals surface area (Å²) in [5.74, 6) is 0.658. The zero-order valence-corrected chi connectivity index (χ0v) is 8.26. The summed E-state index contributed by atoms with van der Waals surface area (Å²) in [6, 6.07) is 13.6. The number of fused-ring (bicyclic) bond motifs is 1. The quantitative estimate of drug-likeness (QED) is 0.743. The number of benzene rings is 2. The van der Waals surface area contributed by atoms with Gasteiger partial charge in [0.1, 0.15) is 5.75 Å². The van der Waals surface area contributed by atoms with Crippen molar-refractivity contribution in [3.8, 4) is 5.75 Å². The highest BCUT2D eigenvalue weighted by Crippen LogP contribution is 2.25. The van der Waals surface area contributed by atoms with Crippen molar-refractivity contribution in [2.45, 2.75) is 6.29 Å². The highest BCUT2D eigenvalue weighted by molar-refractivity contribution is 5.88. The van der Waals surface area contributed by atoms with Gasteiger partial charge in [-0.2, -0.15) is 0 Å². The monoisotopic (exact) mass is 203 g/mol. The van der Waals surface area contributed by atoms with Gasteiger partial charge in [-0.3, -0.25) is 0 Å². The molecular weight excluding hydrogens is 190 g/mol. The minimum atomic E-state index is -0.948. The van der Waals surface area contributed by atoms with E-state index < -0.39 is 6.29 Å². The van der Waals surface area contributed by atoms with E-state index in [0.29, 0.717) is 5.75 Å². The van der Waals surface area contributed by atoms with Crippen molar-refractivity contribution in [1.82, 2.24) is 0 Å². The molecule has 0 heterocycles. The Labute approximate surface area is 88.1 Å². The molecule has 1 unspecified atom stereocenters. The van der Waals surface area contributed by atoms with Crippen LogP contribution in [-0.4, -0.2) is 17.9 Å². The molecule has 0 aliphatic heterocycles. The molecule has 0 spiro atoms. The zero-order chi connectivity index (χ0) is 10.7. The van der Waals surface area contributed by atoms with Crippen molar-refractivity contribution in [1.29, 1.82) is 0 Å². The van der Waals surface area contributed by atoms with Gasteiger partial charge < -0.3 is 15.6 Å². The lowest BCUT2D eigenvalue weighted by atomic mass is 10.1. The Balaban J connectivity index is 2.42. The fourth-order valence-corrected chi connectivity index (χ4v) is 1.49. The maximum absolute atomic E-state index is 9.32. The molecule has 3 nitrogen and oxygen atoms in total. The van der Waals surface area contributed by atoms with E-state index in [4.69, 9.17) is 10.5 Å². The summed E-state index contributed by atoms with van der Waals surface area (Å²) in [6.45, 7) is 0.0865. The first-order valence-corrected chi connectivity index (χ1v) is 4.84. The molecule has 0 aliphatic carbocycles. The standard InChI is InChI=1S/C12H13NO2/c13-8-12(14)15-11-7-3-5-9-4-1-2-6-10(9)11/h1-7,12,14H,8,13H2. The first kappa shape index (κ1) is 9.96. The Hall–Kier alpha value is -1.58. The first-order valence-electron chi connectivity index (χ1n) is 4.84. The van der Waals surface area contributed by atoms with E-state index in [1.54, 1.807) is 0 Å². The third-order valence-corrected chi connectivity index (χ3v) is 2.21. The second kappa shape index (κ2) is 4.29. The van der Waals surface area contributed by atoms with Crippen molar-refractivity contribution < 1.29 is 9.84 Å². The van der Waals surface area contributed by atoms with Crippen LogP contribution in [0.25, 0.3) is 10.8 Å². The van der Waals surface area contributed by atoms with Crippen LogP contribution in [-0.2, 0) is 0 Å². The molecule has 3 heteroatoms. The van der Waals surface area contributed by atoms with Crippen LogP contribution in [0.2, 0.25) is 0 Å². The maximum Gasteiger partial charge on any atom is 0.209 e. The number of aliphatic hydroxyl groups is 1. The molecule has 1 atom stereocenters. The highest BCUT2D eigenvalue weighted by Gasteiger charge is 2.05. The van der Waals surface area contributed by atoms with Crippen LogP contribution in [0.4, 0.5) is 0 Å². The number of ether oxygens (including phenoxy) is 1. The minimum absolute atomic E-state index is 0.0865. The van der Waals surface area contributed by atoms with Gasteiger partial charge >= 0.3 is 0 Å². The van der Waals surface area contributed by atoms with Crippen LogP contribution >= 0.6 is 0 Å². The van der Waals surface area contributed by atoms with Gasteiger partial charge in [-0.1, -0.05) is 36.4 Å². The lowest BCUT2D eigenvalue weighted by molar-refractivity contribution is -0.00744. The summed E-state index contributed by atoms with van der Waals surface area (Å²) < 4.78 is 5.31. The Morgan fingerprint density at radius 2 is 1.87 bits per heavy atom. The summed E-state index contributed by atoms with van der Waals surface area (Å²) in [7, 11) is 0. The fraction of sp³-hybridized carbons (Fsp3) is 0.167. The Morgan fingerprint density at radius 3 is 2.67 bits per heavy atom. The van der Waals surface area contributed by atoms with Crippen molar-refractivity contribution in [3.05, 3.63) is 42.5 Å². The van der Waals surface area contributed by atoms with E-state index in [-0.39, 0.29) is 6.54 Å². The predicted octanol–water partition coefficient (Wildman–Crippen LogP) is 1.50. The van der Waals surface area contributed by atoms with Crippen molar-refractivity contribution in [2.24, 2.45) is 5.73 Å². The molecule has 0 bridgehead atoms. The number of hydrogen-bond donors (Lipinski definition) is 2. The van der Waals surface area contributed by atoms with Gasteiger partial charge in [-0.15, -0.1) is 0 Å². The molecule has 0 fully saturated rings. The van der Waals surface area contributed by atoms with Gasteiger partial charge in [0.25, 0.3) is 0 Å². The normalized spacial score (nSPS) is 12.7. The molecule has 0 aromatic heterocycles. The van der Waals surface area contributed by atoms with E-state index in [0.717, 1.165) is 10.8 Å². The highest BCUT2D eigenvalue weighted by atomic mass is 16.6. The fourth-order valence-electron chi connectivity index (χ4n) is 1.49. The maximum atomic E-state index is 9.32. The Morgan fingerprint density at radius 1 is 1.13 bits per heavy atom. The minimum Gasteiger partial charge on any atom is -0.463 e. The molecule has 0 radical (unpaired) electrons. The zero-order valence-electron chi connectivity index (χ0n) is 8.26. The van der Waals surface area contributed by atoms with E-state index in [9.17, 15) is 5.11 Å². The third-order valence-electron chi connectivity index (χ3n) is 2.21. The van der Waals surface area contributed by atoms with Gasteiger partial charge in [-0.05, 0) is 11.5 Å². The number of hydrogen-bond acceptors (Lipinski definition) is 3. The molecule has 0 amide bonds. The van der Waals surface area contributed by atoms with E-state index in [2.05, 4.69) is 0 Å². The molecule has 0 saturated carbocycles. The smallest absolute Gasteiger partial charge is 0.209 e. The van der Waals surface area contributed by atoms with E-state index in [1.807, 2.05) is 42.5 Å². The van der Waals surface area contributed by atoms with Crippen molar-refractivity contribution >= 4 is 10.8 Å². The molecule has 0 aliphatic rings. The average Bonchev–Trinajstić information content (AvgIpc) is 2.29. The molecule has 2 aromatic rings. The van der Waals surface area contributed by atoms with Crippen LogP contribution in [0.1, 0.15) is 0 Å². The Bertz CT molecular complexity index is 451. The lowest BCUT2D eigenvalue weighted by Gasteiger charge is -2.13. The second-order valence-electron chi connectivity index (χ2n) is 3.29. The number of aliphatic hydroxyl groups excluding tert-OH is 1. The topological polar surface area (TPSA) is 55.5 Å². The molecule has 78 valence electrons. The number of rotatable bonds is 3. The molecular formula is C12H13NO2. The van der Waals surface area contributed by atoms with Gasteiger partial charge in [0.15, 0.2) is 0 Å². The third kappa shape index (κ3) is 2.09. The summed E-state index contributed by atoms with van der Waals surface area (Å²) >= 11 is 0. The lowest BCUT2D eigenvalue weighted by Crippen LogP contribution is -2.25. The van der Waals surface area contributed by atoms with Crippen LogP contribution in [0, 0.1) is 0 Å². The second-order valence-corrected chi connectivity index (χ2v) is 3.29. The first-order chi connectivity index (χ1) is 7.31. The summed E-state index contributed by atoms with van der Waals surface area (Å²) in [5, 5.41) is 11.4. The SMILES string of the molecule is NCC(O)Oc1cccc2ccccc12.